The Kier molecular flexibility index (Phi) is 3.93. The Morgan fingerprint density at radius 3 is 3.08 bits per heavy atom. The number of aromatic nitrogens is 1. The van der Waals surface area contributed by atoms with Crippen LogP contribution in [0.1, 0.15) is 17.8 Å². The third-order valence-electron chi connectivity index (χ3n) is 4.23. The van der Waals surface area contributed by atoms with E-state index >= 15 is 0 Å². The minimum atomic E-state index is -0.145. The first-order valence-corrected chi connectivity index (χ1v) is 8.86. The van der Waals surface area contributed by atoms with E-state index in [1.54, 1.807) is 11.3 Å². The Labute approximate surface area is 143 Å². The zero-order valence-corrected chi connectivity index (χ0v) is 13.9. The van der Waals surface area contributed by atoms with Crippen molar-refractivity contribution in [2.45, 2.75) is 19.3 Å². The van der Waals surface area contributed by atoms with Gasteiger partial charge in [0.05, 0.1) is 16.4 Å². The van der Waals surface area contributed by atoms with Crippen molar-refractivity contribution in [2.75, 3.05) is 25.0 Å². The fourth-order valence-corrected chi connectivity index (χ4v) is 3.77. The molecule has 3 heterocycles. The van der Waals surface area contributed by atoms with Crippen LogP contribution >= 0.6 is 11.3 Å². The minimum Gasteiger partial charge on any atom is -0.482 e. The van der Waals surface area contributed by atoms with Gasteiger partial charge in [-0.1, -0.05) is 0 Å². The predicted octanol–water partition coefficient (Wildman–Crippen LogP) is 2.31. The van der Waals surface area contributed by atoms with Crippen LogP contribution in [0.5, 0.6) is 5.75 Å². The van der Waals surface area contributed by atoms with E-state index < -0.39 is 0 Å². The number of rotatable bonds is 4. The minimum absolute atomic E-state index is 0.0580. The number of amides is 2. The third-order valence-corrected chi connectivity index (χ3v) is 5.14. The summed E-state index contributed by atoms with van der Waals surface area (Å²) in [6.07, 6.45) is 2.41. The van der Waals surface area contributed by atoms with Gasteiger partial charge in [0, 0.05) is 36.9 Å². The summed E-state index contributed by atoms with van der Waals surface area (Å²) in [4.78, 5) is 29.7. The fourth-order valence-electron chi connectivity index (χ4n) is 2.97. The molecule has 7 heteroatoms. The molecule has 2 aromatic rings. The van der Waals surface area contributed by atoms with Gasteiger partial charge >= 0.3 is 0 Å². The van der Waals surface area contributed by atoms with Crippen LogP contribution in [-0.4, -0.2) is 41.4 Å². The molecule has 0 aliphatic carbocycles. The maximum Gasteiger partial charge on any atom is 0.262 e. The summed E-state index contributed by atoms with van der Waals surface area (Å²) in [7, 11) is 0. The predicted molar refractivity (Wildman–Crippen MR) is 91.2 cm³/mol. The highest BCUT2D eigenvalue weighted by atomic mass is 32.1. The molecular formula is C17H17N3O3S. The smallest absolute Gasteiger partial charge is 0.262 e. The van der Waals surface area contributed by atoms with E-state index in [1.807, 2.05) is 28.5 Å². The zero-order valence-electron chi connectivity index (χ0n) is 13.1. The first kappa shape index (κ1) is 15.1. The monoisotopic (exact) mass is 343 g/mol. The van der Waals surface area contributed by atoms with Crippen molar-refractivity contribution in [3.8, 4) is 17.0 Å². The summed E-state index contributed by atoms with van der Waals surface area (Å²) < 4.78 is 5.37. The van der Waals surface area contributed by atoms with Crippen molar-refractivity contribution in [1.29, 1.82) is 0 Å². The van der Waals surface area contributed by atoms with Crippen LogP contribution in [0.25, 0.3) is 11.3 Å². The molecule has 6 nitrogen and oxygen atoms in total. The quantitative estimate of drug-likeness (QED) is 0.925. The van der Waals surface area contributed by atoms with Crippen LogP contribution in [0.4, 0.5) is 5.69 Å². The second-order valence-corrected chi connectivity index (χ2v) is 6.85. The Bertz CT molecular complexity index is 802. The molecule has 0 saturated carbocycles. The number of carbonyl (C=O) groups is 2. The van der Waals surface area contributed by atoms with E-state index in [-0.39, 0.29) is 18.4 Å². The summed E-state index contributed by atoms with van der Waals surface area (Å²) >= 11 is 1.60. The van der Waals surface area contributed by atoms with Gasteiger partial charge in [0.15, 0.2) is 6.61 Å². The van der Waals surface area contributed by atoms with Crippen LogP contribution in [-0.2, 0) is 16.0 Å². The molecule has 0 spiro atoms. The lowest BCUT2D eigenvalue weighted by Gasteiger charge is -2.18. The molecule has 1 aromatic carbocycles. The van der Waals surface area contributed by atoms with E-state index in [1.165, 1.54) is 0 Å². The van der Waals surface area contributed by atoms with Crippen molar-refractivity contribution in [3.63, 3.8) is 0 Å². The number of anilines is 1. The summed E-state index contributed by atoms with van der Waals surface area (Å²) in [5, 5.41) is 5.84. The maximum atomic E-state index is 11.6. The summed E-state index contributed by atoms with van der Waals surface area (Å²) in [5.74, 6) is 0.785. The van der Waals surface area contributed by atoms with E-state index in [2.05, 4.69) is 10.3 Å². The van der Waals surface area contributed by atoms with E-state index in [9.17, 15) is 9.59 Å². The fraction of sp³-hybridized carbons (Fsp3) is 0.353. The number of nitrogens with one attached hydrogen (secondary N) is 1. The highest BCUT2D eigenvalue weighted by Crippen LogP contribution is 2.33. The average molecular weight is 343 g/mol. The Morgan fingerprint density at radius 2 is 2.25 bits per heavy atom. The van der Waals surface area contributed by atoms with Crippen LogP contribution in [0.3, 0.4) is 0 Å². The van der Waals surface area contributed by atoms with Gasteiger partial charge < -0.3 is 15.0 Å². The normalized spacial score (nSPS) is 16.8. The number of nitrogens with zero attached hydrogens (tertiary/aromatic N) is 2. The van der Waals surface area contributed by atoms with E-state index in [4.69, 9.17) is 4.74 Å². The van der Waals surface area contributed by atoms with Crippen molar-refractivity contribution in [2.24, 2.45) is 0 Å². The van der Waals surface area contributed by atoms with Crippen molar-refractivity contribution in [1.82, 2.24) is 9.88 Å². The molecule has 0 atom stereocenters. The molecule has 0 radical (unpaired) electrons. The molecule has 0 bridgehead atoms. The van der Waals surface area contributed by atoms with Gasteiger partial charge in [0.25, 0.3) is 5.91 Å². The Hall–Kier alpha value is -2.41. The standard InChI is InChI=1S/C17H17N3O3S/c21-15-9-23-14-4-3-11(8-12(14)18-15)13-10-24-16(19-13)5-7-20-6-1-2-17(20)22/h3-4,8,10H,1-2,5-7,9H2,(H,18,21). The Morgan fingerprint density at radius 1 is 1.33 bits per heavy atom. The van der Waals surface area contributed by atoms with Crippen molar-refractivity contribution >= 4 is 28.8 Å². The van der Waals surface area contributed by atoms with Gasteiger partial charge in [0.1, 0.15) is 5.75 Å². The average Bonchev–Trinajstić information content (AvgIpc) is 3.21. The number of fused-ring (bicyclic) bond motifs is 1. The molecule has 24 heavy (non-hydrogen) atoms. The number of ether oxygens (including phenoxy) is 1. The highest BCUT2D eigenvalue weighted by Gasteiger charge is 2.20. The number of hydrogen-bond acceptors (Lipinski definition) is 5. The second-order valence-electron chi connectivity index (χ2n) is 5.91. The summed E-state index contributed by atoms with van der Waals surface area (Å²) in [5.41, 5.74) is 2.51. The van der Waals surface area contributed by atoms with Crippen LogP contribution < -0.4 is 10.1 Å². The lowest BCUT2D eigenvalue weighted by molar-refractivity contribution is -0.127. The summed E-state index contributed by atoms with van der Waals surface area (Å²) in [6, 6.07) is 5.68. The number of hydrogen-bond donors (Lipinski definition) is 1. The maximum absolute atomic E-state index is 11.6. The molecule has 1 N–H and O–H groups in total. The second kappa shape index (κ2) is 6.24. The number of likely N-dealkylation sites (tertiary alicyclic amines) is 1. The molecule has 0 unspecified atom stereocenters. The molecule has 2 aliphatic rings. The molecule has 4 rings (SSSR count). The molecule has 2 aliphatic heterocycles. The Balaban J connectivity index is 1.47. The van der Waals surface area contributed by atoms with Gasteiger partial charge in [-0.25, -0.2) is 4.98 Å². The van der Waals surface area contributed by atoms with Crippen molar-refractivity contribution in [3.05, 3.63) is 28.6 Å². The van der Waals surface area contributed by atoms with E-state index in [0.29, 0.717) is 17.9 Å². The van der Waals surface area contributed by atoms with Crippen LogP contribution in [0.2, 0.25) is 0 Å². The van der Waals surface area contributed by atoms with Crippen LogP contribution in [0, 0.1) is 0 Å². The topological polar surface area (TPSA) is 71.5 Å². The van der Waals surface area contributed by atoms with E-state index in [0.717, 1.165) is 42.2 Å². The number of thiazole rings is 1. The SMILES string of the molecule is O=C1COc2ccc(-c3csc(CCN4CCCC4=O)n3)cc2N1. The zero-order chi connectivity index (χ0) is 16.5. The molecule has 1 saturated heterocycles. The number of benzene rings is 1. The van der Waals surface area contributed by atoms with Crippen molar-refractivity contribution < 1.29 is 14.3 Å². The molecule has 124 valence electrons. The molecule has 1 fully saturated rings. The van der Waals surface area contributed by atoms with Gasteiger partial charge in [-0.2, -0.15) is 0 Å². The lowest BCUT2D eigenvalue weighted by atomic mass is 10.1. The first-order chi connectivity index (χ1) is 11.7. The lowest BCUT2D eigenvalue weighted by Crippen LogP contribution is -2.26. The highest BCUT2D eigenvalue weighted by molar-refractivity contribution is 7.09. The molecule has 1 aromatic heterocycles. The van der Waals surface area contributed by atoms with Crippen LogP contribution in [0.15, 0.2) is 23.6 Å². The van der Waals surface area contributed by atoms with Gasteiger partial charge in [0.2, 0.25) is 5.91 Å². The van der Waals surface area contributed by atoms with Gasteiger partial charge in [-0.05, 0) is 24.6 Å². The number of carbonyl (C=O) groups excluding carboxylic acids is 2. The van der Waals surface area contributed by atoms with Gasteiger partial charge in [-0.3, -0.25) is 9.59 Å². The first-order valence-electron chi connectivity index (χ1n) is 7.98. The van der Waals surface area contributed by atoms with Gasteiger partial charge in [-0.15, -0.1) is 11.3 Å². The third kappa shape index (κ3) is 2.99. The summed E-state index contributed by atoms with van der Waals surface area (Å²) in [6.45, 7) is 1.66. The molecular weight excluding hydrogens is 326 g/mol. The largest absolute Gasteiger partial charge is 0.482 e. The molecule has 2 amide bonds.